The highest BCUT2D eigenvalue weighted by atomic mass is 35.5. The summed E-state index contributed by atoms with van der Waals surface area (Å²) in [5.74, 6) is -2.46. The highest BCUT2D eigenvalue weighted by molar-refractivity contribution is 6.31. The molecule has 2 aromatic carbocycles. The number of benzene rings is 2. The second-order valence-corrected chi connectivity index (χ2v) is 9.37. The number of alkyl halides is 3. The molecule has 2 fully saturated rings. The summed E-state index contributed by atoms with van der Waals surface area (Å²) in [6.07, 6.45) is -3.11. The maximum absolute atomic E-state index is 13.6. The number of halogens is 6. The summed E-state index contributed by atoms with van der Waals surface area (Å²) in [5.41, 5.74) is -1.34. The molecule has 1 N–H and O–H groups in total. The molecule has 0 unspecified atom stereocenters. The first-order chi connectivity index (χ1) is 16.5. The molecule has 0 saturated carbocycles. The predicted molar refractivity (Wildman–Crippen MR) is 119 cm³/mol. The Morgan fingerprint density at radius 2 is 1.57 bits per heavy atom. The summed E-state index contributed by atoms with van der Waals surface area (Å²) in [4.78, 5) is 28.4. The number of nitrogens with zero attached hydrogens (tertiary/aromatic N) is 2. The van der Waals surface area contributed by atoms with E-state index in [1.54, 1.807) is 0 Å². The highest BCUT2D eigenvalue weighted by Gasteiger charge is 2.38. The van der Waals surface area contributed by atoms with E-state index in [1.165, 1.54) is 11.0 Å². The molecule has 2 heterocycles. The minimum Gasteiger partial charge on any atom is -0.352 e. The van der Waals surface area contributed by atoms with Gasteiger partial charge in [-0.2, -0.15) is 13.2 Å². The van der Waals surface area contributed by atoms with Crippen LogP contribution in [0.25, 0.3) is 0 Å². The van der Waals surface area contributed by atoms with E-state index in [2.05, 4.69) is 10.2 Å². The Morgan fingerprint density at radius 1 is 0.943 bits per heavy atom. The number of carbonyl (C=O) groups is 2. The van der Waals surface area contributed by atoms with Crippen molar-refractivity contribution in [1.29, 1.82) is 0 Å². The summed E-state index contributed by atoms with van der Waals surface area (Å²) in [6.45, 7) is 2.66. The molecule has 2 amide bonds. The molecule has 0 spiro atoms. The van der Waals surface area contributed by atoms with Gasteiger partial charge in [-0.15, -0.1) is 0 Å². The number of hydrogen-bond donors (Lipinski definition) is 1. The van der Waals surface area contributed by atoms with Crippen molar-refractivity contribution in [3.05, 3.63) is 69.7 Å². The SMILES string of the molecule is O=C(NCC1CCN(C2CN(C(=O)c3cc(F)cc(C(F)(F)F)c3)C2)CC1)c1cc(F)cc(Cl)c1. The molecule has 2 aliphatic rings. The van der Waals surface area contributed by atoms with E-state index in [1.807, 2.05) is 0 Å². The van der Waals surface area contributed by atoms with E-state index >= 15 is 0 Å². The van der Waals surface area contributed by atoms with Crippen molar-refractivity contribution in [3.8, 4) is 0 Å². The van der Waals surface area contributed by atoms with Crippen LogP contribution in [0.5, 0.6) is 0 Å². The molecule has 188 valence electrons. The molecule has 0 bridgehead atoms. The quantitative estimate of drug-likeness (QED) is 0.592. The molecule has 0 atom stereocenters. The molecule has 4 rings (SSSR count). The van der Waals surface area contributed by atoms with Gasteiger partial charge in [0.15, 0.2) is 0 Å². The van der Waals surface area contributed by atoms with Crippen LogP contribution in [-0.4, -0.2) is 60.4 Å². The van der Waals surface area contributed by atoms with Crippen LogP contribution in [0.4, 0.5) is 22.0 Å². The monoisotopic (exact) mass is 515 g/mol. The maximum Gasteiger partial charge on any atom is 0.416 e. The normalized spacial score (nSPS) is 17.8. The number of carbonyl (C=O) groups excluding carboxylic acids is 2. The zero-order chi connectivity index (χ0) is 25.3. The first kappa shape index (κ1) is 25.4. The number of likely N-dealkylation sites (tertiary alicyclic amines) is 2. The lowest BCUT2D eigenvalue weighted by Gasteiger charge is -2.47. The van der Waals surface area contributed by atoms with Gasteiger partial charge in [-0.25, -0.2) is 8.78 Å². The van der Waals surface area contributed by atoms with Crippen molar-refractivity contribution in [2.24, 2.45) is 5.92 Å². The van der Waals surface area contributed by atoms with E-state index in [4.69, 9.17) is 11.6 Å². The van der Waals surface area contributed by atoms with Gasteiger partial charge in [-0.1, -0.05) is 11.6 Å². The fourth-order valence-electron chi connectivity index (χ4n) is 4.46. The largest absolute Gasteiger partial charge is 0.416 e. The third kappa shape index (κ3) is 6.10. The van der Waals surface area contributed by atoms with Crippen LogP contribution in [-0.2, 0) is 6.18 Å². The molecule has 2 aromatic rings. The second-order valence-electron chi connectivity index (χ2n) is 8.94. The minimum absolute atomic E-state index is 0.0829. The third-order valence-corrected chi connectivity index (χ3v) is 6.68. The van der Waals surface area contributed by atoms with Crippen LogP contribution in [0.2, 0.25) is 5.02 Å². The summed E-state index contributed by atoms with van der Waals surface area (Å²) < 4.78 is 65.8. The Bertz CT molecular complexity index is 1090. The first-order valence-corrected chi connectivity index (χ1v) is 11.5. The highest BCUT2D eigenvalue weighted by Crippen LogP contribution is 2.31. The third-order valence-electron chi connectivity index (χ3n) is 6.46. The van der Waals surface area contributed by atoms with Gasteiger partial charge < -0.3 is 10.2 Å². The molecule has 0 aliphatic carbocycles. The van der Waals surface area contributed by atoms with Crippen molar-refractivity contribution in [2.75, 3.05) is 32.7 Å². The lowest BCUT2D eigenvalue weighted by atomic mass is 9.93. The molecule has 2 saturated heterocycles. The Balaban J connectivity index is 1.23. The van der Waals surface area contributed by atoms with Crippen LogP contribution >= 0.6 is 11.6 Å². The molecular weight excluding hydrogens is 493 g/mol. The van der Waals surface area contributed by atoms with Crippen LogP contribution in [0, 0.1) is 17.6 Å². The van der Waals surface area contributed by atoms with Gasteiger partial charge in [-0.3, -0.25) is 14.5 Å². The van der Waals surface area contributed by atoms with Gasteiger partial charge in [0.25, 0.3) is 11.8 Å². The zero-order valence-electron chi connectivity index (χ0n) is 18.5. The van der Waals surface area contributed by atoms with E-state index in [-0.39, 0.29) is 28.1 Å². The summed E-state index contributed by atoms with van der Waals surface area (Å²) in [5, 5.41) is 2.96. The van der Waals surface area contributed by atoms with Gasteiger partial charge in [-0.05, 0) is 68.2 Å². The van der Waals surface area contributed by atoms with Gasteiger partial charge in [0.05, 0.1) is 5.56 Å². The van der Waals surface area contributed by atoms with Gasteiger partial charge in [0, 0.05) is 41.8 Å². The smallest absolute Gasteiger partial charge is 0.352 e. The predicted octanol–water partition coefficient (Wildman–Crippen LogP) is 4.60. The number of nitrogens with one attached hydrogen (secondary N) is 1. The van der Waals surface area contributed by atoms with E-state index < -0.39 is 35.2 Å². The standard InChI is InChI=1S/C24H23ClF5N3O2/c25-18-6-15(7-20(27)10-18)22(34)31-11-14-1-3-32(4-2-14)21-12-33(13-21)23(35)16-5-17(24(28,29)30)9-19(26)8-16/h5-10,14,21H,1-4,11-13H2,(H,31,34). The molecule has 35 heavy (non-hydrogen) atoms. The van der Waals surface area contributed by atoms with E-state index in [9.17, 15) is 31.5 Å². The molecule has 11 heteroatoms. The minimum atomic E-state index is -4.73. The van der Waals surface area contributed by atoms with Crippen molar-refractivity contribution in [1.82, 2.24) is 15.1 Å². The van der Waals surface area contributed by atoms with Gasteiger partial charge in [0.2, 0.25) is 0 Å². The van der Waals surface area contributed by atoms with Crippen molar-refractivity contribution in [2.45, 2.75) is 25.1 Å². The molecule has 5 nitrogen and oxygen atoms in total. The van der Waals surface area contributed by atoms with E-state index in [0.29, 0.717) is 31.8 Å². The number of rotatable bonds is 5. The summed E-state index contributed by atoms with van der Waals surface area (Å²) in [6, 6.07) is 5.61. The fraction of sp³-hybridized carbons (Fsp3) is 0.417. The Morgan fingerprint density at radius 3 is 2.20 bits per heavy atom. The van der Waals surface area contributed by atoms with Crippen molar-refractivity contribution in [3.63, 3.8) is 0 Å². The molecule has 0 radical (unpaired) electrons. The van der Waals surface area contributed by atoms with Crippen molar-refractivity contribution < 1.29 is 31.5 Å². The number of piperidine rings is 1. The Hall–Kier alpha value is -2.72. The number of amides is 2. The lowest BCUT2D eigenvalue weighted by molar-refractivity contribution is -0.137. The van der Waals surface area contributed by atoms with Gasteiger partial charge in [0.1, 0.15) is 11.6 Å². The fourth-order valence-corrected chi connectivity index (χ4v) is 4.68. The van der Waals surface area contributed by atoms with E-state index in [0.717, 1.165) is 44.1 Å². The molecule has 0 aromatic heterocycles. The van der Waals surface area contributed by atoms with Crippen LogP contribution in [0.3, 0.4) is 0 Å². The van der Waals surface area contributed by atoms with Crippen molar-refractivity contribution >= 4 is 23.4 Å². The lowest BCUT2D eigenvalue weighted by Crippen LogP contribution is -2.62. The van der Waals surface area contributed by atoms with Crippen LogP contribution in [0.15, 0.2) is 36.4 Å². The Kier molecular flexibility index (Phi) is 7.32. The first-order valence-electron chi connectivity index (χ1n) is 11.1. The summed E-state index contributed by atoms with van der Waals surface area (Å²) >= 11 is 5.79. The van der Waals surface area contributed by atoms with Crippen LogP contribution in [0.1, 0.15) is 39.1 Å². The topological polar surface area (TPSA) is 52.7 Å². The summed E-state index contributed by atoms with van der Waals surface area (Å²) in [7, 11) is 0. The maximum atomic E-state index is 13.6. The Labute approximate surface area is 203 Å². The average Bonchev–Trinajstić information content (AvgIpc) is 2.75. The van der Waals surface area contributed by atoms with Crippen LogP contribution < -0.4 is 5.32 Å². The molecule has 2 aliphatic heterocycles. The second kappa shape index (κ2) is 10.1. The molecular formula is C24H23ClF5N3O2. The average molecular weight is 516 g/mol. The number of hydrogen-bond acceptors (Lipinski definition) is 3. The van der Waals surface area contributed by atoms with Gasteiger partial charge >= 0.3 is 6.18 Å². The zero-order valence-corrected chi connectivity index (χ0v) is 19.3.